The lowest BCUT2D eigenvalue weighted by molar-refractivity contribution is -0.146. The summed E-state index contributed by atoms with van der Waals surface area (Å²) >= 11 is 0. The molecule has 0 radical (unpaired) electrons. The minimum Gasteiger partial charge on any atom is -0.497 e. The van der Waals surface area contributed by atoms with E-state index in [0.29, 0.717) is 18.1 Å². The van der Waals surface area contributed by atoms with Crippen molar-refractivity contribution in [2.75, 3.05) is 20.8 Å². The first-order valence-electron chi connectivity index (χ1n) is 6.43. The summed E-state index contributed by atoms with van der Waals surface area (Å²) in [6.45, 7) is 6.17. The number of benzene rings is 1. The zero-order chi connectivity index (χ0) is 14.4. The van der Waals surface area contributed by atoms with Crippen molar-refractivity contribution >= 4 is 5.97 Å². The number of hydrogen-bond donors (Lipinski definition) is 0. The van der Waals surface area contributed by atoms with Crippen molar-refractivity contribution in [2.24, 2.45) is 5.92 Å². The summed E-state index contributed by atoms with van der Waals surface area (Å²) in [6, 6.07) is 5.49. The monoisotopic (exact) mass is 266 g/mol. The summed E-state index contributed by atoms with van der Waals surface area (Å²) < 4.78 is 15.6. The average Bonchev–Trinajstić information content (AvgIpc) is 2.38. The fourth-order valence-electron chi connectivity index (χ4n) is 2.03. The Labute approximate surface area is 114 Å². The van der Waals surface area contributed by atoms with Gasteiger partial charge in [0, 0.05) is 6.07 Å². The second kappa shape index (κ2) is 7.02. The van der Waals surface area contributed by atoms with Gasteiger partial charge in [0.05, 0.1) is 26.7 Å². The molecule has 0 bridgehead atoms. The quantitative estimate of drug-likeness (QED) is 0.742. The summed E-state index contributed by atoms with van der Waals surface area (Å²) in [5.74, 6) is 0.946. The molecule has 0 aromatic heterocycles. The van der Waals surface area contributed by atoms with E-state index in [1.165, 1.54) is 0 Å². The topological polar surface area (TPSA) is 44.8 Å². The largest absolute Gasteiger partial charge is 0.497 e. The lowest BCUT2D eigenvalue weighted by atomic mass is 9.88. The highest BCUT2D eigenvalue weighted by Gasteiger charge is 2.26. The molecule has 0 heterocycles. The molecule has 0 aliphatic rings. The Kier molecular flexibility index (Phi) is 5.67. The molecule has 4 heteroatoms. The molecule has 0 saturated heterocycles. The van der Waals surface area contributed by atoms with E-state index in [2.05, 4.69) is 0 Å². The summed E-state index contributed by atoms with van der Waals surface area (Å²) in [6.07, 6.45) is 0. The molecule has 1 atom stereocenters. The highest BCUT2D eigenvalue weighted by atomic mass is 16.5. The third-order valence-electron chi connectivity index (χ3n) is 2.94. The molecule has 106 valence electrons. The second-order valence-electron chi connectivity index (χ2n) is 4.62. The third kappa shape index (κ3) is 3.88. The van der Waals surface area contributed by atoms with Crippen molar-refractivity contribution in [3.8, 4) is 11.5 Å². The third-order valence-corrected chi connectivity index (χ3v) is 2.94. The Morgan fingerprint density at radius 3 is 2.00 bits per heavy atom. The van der Waals surface area contributed by atoms with Crippen molar-refractivity contribution in [1.82, 2.24) is 0 Å². The van der Waals surface area contributed by atoms with Crippen LogP contribution >= 0.6 is 0 Å². The number of ether oxygens (including phenoxy) is 3. The van der Waals surface area contributed by atoms with E-state index in [1.807, 2.05) is 26.0 Å². The second-order valence-corrected chi connectivity index (χ2v) is 4.62. The van der Waals surface area contributed by atoms with E-state index in [-0.39, 0.29) is 17.8 Å². The van der Waals surface area contributed by atoms with Crippen LogP contribution < -0.4 is 9.47 Å². The first kappa shape index (κ1) is 15.3. The Bertz CT molecular complexity index is 404. The minimum absolute atomic E-state index is 0.135. The fraction of sp³-hybridized carbons (Fsp3) is 0.533. The van der Waals surface area contributed by atoms with Gasteiger partial charge in [0.15, 0.2) is 0 Å². The number of methoxy groups -OCH3 is 2. The molecule has 4 nitrogen and oxygen atoms in total. The van der Waals surface area contributed by atoms with Crippen LogP contribution in [0.1, 0.15) is 32.3 Å². The van der Waals surface area contributed by atoms with Gasteiger partial charge < -0.3 is 14.2 Å². The van der Waals surface area contributed by atoms with Crippen LogP contribution in [0.3, 0.4) is 0 Å². The van der Waals surface area contributed by atoms with Crippen molar-refractivity contribution < 1.29 is 19.0 Å². The van der Waals surface area contributed by atoms with Crippen LogP contribution in [0.15, 0.2) is 18.2 Å². The van der Waals surface area contributed by atoms with Gasteiger partial charge in [-0.1, -0.05) is 13.8 Å². The van der Waals surface area contributed by atoms with E-state index < -0.39 is 0 Å². The Hall–Kier alpha value is -1.71. The number of hydrogen-bond acceptors (Lipinski definition) is 4. The lowest BCUT2D eigenvalue weighted by Crippen LogP contribution is -2.21. The summed E-state index contributed by atoms with van der Waals surface area (Å²) in [5.41, 5.74) is 0.852. The molecule has 1 aromatic rings. The number of carbonyl (C=O) groups is 1. The Morgan fingerprint density at radius 1 is 1.11 bits per heavy atom. The van der Waals surface area contributed by atoms with E-state index in [1.54, 1.807) is 27.2 Å². The number of esters is 1. The van der Waals surface area contributed by atoms with Gasteiger partial charge >= 0.3 is 5.97 Å². The molecule has 0 amide bonds. The Balaban J connectivity index is 3.18. The molecular weight excluding hydrogens is 244 g/mol. The van der Waals surface area contributed by atoms with E-state index in [4.69, 9.17) is 14.2 Å². The molecule has 0 aliphatic carbocycles. The van der Waals surface area contributed by atoms with Crippen LogP contribution in [0.5, 0.6) is 11.5 Å². The normalized spacial score (nSPS) is 12.1. The van der Waals surface area contributed by atoms with Crippen LogP contribution in [-0.2, 0) is 9.53 Å². The van der Waals surface area contributed by atoms with E-state index >= 15 is 0 Å². The zero-order valence-corrected chi connectivity index (χ0v) is 12.2. The van der Waals surface area contributed by atoms with Gasteiger partial charge in [-0.15, -0.1) is 0 Å². The molecule has 0 N–H and O–H groups in total. The van der Waals surface area contributed by atoms with Gasteiger partial charge in [-0.05, 0) is 30.5 Å². The Morgan fingerprint density at radius 2 is 1.63 bits per heavy atom. The fourth-order valence-corrected chi connectivity index (χ4v) is 2.03. The maximum Gasteiger partial charge on any atom is 0.313 e. The maximum absolute atomic E-state index is 12.1. The molecular formula is C15H22O4. The number of carbonyl (C=O) groups excluding carboxylic acids is 1. The van der Waals surface area contributed by atoms with Crippen molar-refractivity contribution in [3.05, 3.63) is 23.8 Å². The molecule has 0 spiro atoms. The van der Waals surface area contributed by atoms with E-state index in [0.717, 1.165) is 5.56 Å². The first-order chi connectivity index (χ1) is 9.03. The highest BCUT2D eigenvalue weighted by Crippen LogP contribution is 2.32. The van der Waals surface area contributed by atoms with Crippen LogP contribution in [0.2, 0.25) is 0 Å². The van der Waals surface area contributed by atoms with Crippen LogP contribution in [0, 0.1) is 5.92 Å². The SMILES string of the molecule is CCOC(=O)C(c1cc(OC)cc(OC)c1)C(C)C. The molecule has 1 unspecified atom stereocenters. The lowest BCUT2D eigenvalue weighted by Gasteiger charge is -2.20. The van der Waals surface area contributed by atoms with Gasteiger partial charge in [0.2, 0.25) is 0 Å². The van der Waals surface area contributed by atoms with Gasteiger partial charge in [-0.2, -0.15) is 0 Å². The molecule has 0 aliphatic heterocycles. The van der Waals surface area contributed by atoms with Crippen molar-refractivity contribution in [2.45, 2.75) is 26.7 Å². The maximum atomic E-state index is 12.1. The van der Waals surface area contributed by atoms with Crippen molar-refractivity contribution in [3.63, 3.8) is 0 Å². The first-order valence-corrected chi connectivity index (χ1v) is 6.43. The van der Waals surface area contributed by atoms with Gasteiger partial charge in [0.25, 0.3) is 0 Å². The van der Waals surface area contributed by atoms with Gasteiger partial charge in [-0.3, -0.25) is 4.79 Å². The smallest absolute Gasteiger partial charge is 0.313 e. The highest BCUT2D eigenvalue weighted by molar-refractivity contribution is 5.79. The summed E-state index contributed by atoms with van der Waals surface area (Å²) in [5, 5.41) is 0. The van der Waals surface area contributed by atoms with E-state index in [9.17, 15) is 4.79 Å². The zero-order valence-electron chi connectivity index (χ0n) is 12.2. The average molecular weight is 266 g/mol. The van der Waals surface area contributed by atoms with Crippen LogP contribution in [-0.4, -0.2) is 26.8 Å². The van der Waals surface area contributed by atoms with Gasteiger partial charge in [-0.25, -0.2) is 0 Å². The number of rotatable bonds is 6. The molecule has 19 heavy (non-hydrogen) atoms. The predicted molar refractivity (Wildman–Crippen MR) is 73.8 cm³/mol. The standard InChI is InChI=1S/C15H22O4/c1-6-19-15(16)14(10(2)3)11-7-12(17-4)9-13(8-11)18-5/h7-10,14H,6H2,1-5H3. The van der Waals surface area contributed by atoms with Crippen LogP contribution in [0.25, 0.3) is 0 Å². The van der Waals surface area contributed by atoms with Crippen LogP contribution in [0.4, 0.5) is 0 Å². The summed E-state index contributed by atoms with van der Waals surface area (Å²) in [4.78, 5) is 12.1. The molecule has 0 fully saturated rings. The van der Waals surface area contributed by atoms with Gasteiger partial charge in [0.1, 0.15) is 11.5 Å². The molecule has 1 aromatic carbocycles. The minimum atomic E-state index is -0.316. The molecule has 0 saturated carbocycles. The summed E-state index contributed by atoms with van der Waals surface area (Å²) in [7, 11) is 3.18. The van der Waals surface area contributed by atoms with Crippen molar-refractivity contribution in [1.29, 1.82) is 0 Å². The predicted octanol–water partition coefficient (Wildman–Crippen LogP) is 3.01. The molecule has 1 rings (SSSR count).